The first kappa shape index (κ1) is 20.2. The molecule has 2 rings (SSSR count). The first-order chi connectivity index (χ1) is 11.6. The van der Waals surface area contributed by atoms with Crippen LogP contribution in [0.4, 0.5) is 0 Å². The molecule has 0 aromatic heterocycles. The van der Waals surface area contributed by atoms with Gasteiger partial charge in [0.1, 0.15) is 6.04 Å². The van der Waals surface area contributed by atoms with Crippen molar-refractivity contribution in [1.29, 1.82) is 0 Å². The van der Waals surface area contributed by atoms with E-state index in [-0.39, 0.29) is 28.7 Å². The summed E-state index contributed by atoms with van der Waals surface area (Å²) < 4.78 is 27.2. The lowest BCUT2D eigenvalue weighted by molar-refractivity contribution is -0.125. The number of amides is 1. The summed E-state index contributed by atoms with van der Waals surface area (Å²) in [6.45, 7) is 8.59. The zero-order chi connectivity index (χ0) is 18.8. The van der Waals surface area contributed by atoms with Gasteiger partial charge in [0.15, 0.2) is 0 Å². The van der Waals surface area contributed by atoms with Gasteiger partial charge >= 0.3 is 0 Å². The van der Waals surface area contributed by atoms with Gasteiger partial charge in [0, 0.05) is 17.6 Å². The highest BCUT2D eigenvalue weighted by atomic mass is 35.5. The zero-order valence-corrected chi connectivity index (χ0v) is 16.8. The van der Waals surface area contributed by atoms with Crippen molar-refractivity contribution in [2.24, 2.45) is 11.8 Å². The highest BCUT2D eigenvalue weighted by molar-refractivity contribution is 7.89. The van der Waals surface area contributed by atoms with E-state index in [0.29, 0.717) is 24.4 Å². The normalized spacial score (nSPS) is 19.1. The van der Waals surface area contributed by atoms with E-state index in [1.54, 1.807) is 12.1 Å². The van der Waals surface area contributed by atoms with E-state index in [2.05, 4.69) is 33.0 Å². The first-order valence-electron chi connectivity index (χ1n) is 8.72. The average molecular weight is 387 g/mol. The van der Waals surface area contributed by atoms with Crippen molar-refractivity contribution in [3.63, 3.8) is 0 Å². The Balaban J connectivity index is 2.21. The molecule has 1 fully saturated rings. The number of carbonyl (C=O) groups excluding carboxylic acids is 1. The van der Waals surface area contributed by atoms with Gasteiger partial charge in [0.05, 0.1) is 4.90 Å². The molecule has 1 saturated heterocycles. The minimum Gasteiger partial charge on any atom is -0.351 e. The number of hydrogen-bond donors (Lipinski definition) is 1. The Hall–Kier alpha value is -1.11. The molecular weight excluding hydrogens is 360 g/mol. The molecule has 5 nitrogen and oxygen atoms in total. The second kappa shape index (κ2) is 8.06. The number of carbonyl (C=O) groups is 1. The van der Waals surface area contributed by atoms with E-state index in [9.17, 15) is 13.2 Å². The fraction of sp³-hybridized carbons (Fsp3) is 0.611. The smallest absolute Gasteiger partial charge is 0.243 e. The van der Waals surface area contributed by atoms with Gasteiger partial charge in [0.2, 0.25) is 15.9 Å². The predicted molar refractivity (Wildman–Crippen MR) is 100.0 cm³/mol. The molecule has 7 heteroatoms. The van der Waals surface area contributed by atoms with Crippen molar-refractivity contribution < 1.29 is 13.2 Å². The number of benzene rings is 1. The summed E-state index contributed by atoms with van der Waals surface area (Å²) in [4.78, 5) is 12.9. The lowest BCUT2D eigenvalue weighted by Gasteiger charge is -2.30. The third-order valence-corrected chi connectivity index (χ3v) is 6.85. The number of halogens is 1. The van der Waals surface area contributed by atoms with Crippen molar-refractivity contribution in [2.45, 2.75) is 57.5 Å². The van der Waals surface area contributed by atoms with Crippen molar-refractivity contribution in [2.75, 3.05) is 6.54 Å². The number of sulfonamides is 1. The van der Waals surface area contributed by atoms with Gasteiger partial charge in [-0.1, -0.05) is 39.3 Å². The minimum absolute atomic E-state index is 0.0215. The van der Waals surface area contributed by atoms with Crippen LogP contribution in [0, 0.1) is 11.8 Å². The molecule has 0 spiro atoms. The summed E-state index contributed by atoms with van der Waals surface area (Å²) in [5.41, 5.74) is 0. The molecule has 1 aliphatic heterocycles. The van der Waals surface area contributed by atoms with E-state index < -0.39 is 16.1 Å². The predicted octanol–water partition coefficient (Wildman–Crippen LogP) is 3.29. The molecule has 1 atom stereocenters. The second-order valence-electron chi connectivity index (χ2n) is 7.25. The summed E-state index contributed by atoms with van der Waals surface area (Å²) in [7, 11) is -3.71. The summed E-state index contributed by atoms with van der Waals surface area (Å²) in [6.07, 6.45) is 1.22. The third kappa shape index (κ3) is 4.54. The molecule has 1 aromatic rings. The number of nitrogens with one attached hydrogen (secondary N) is 1. The van der Waals surface area contributed by atoms with E-state index in [4.69, 9.17) is 11.6 Å². The van der Waals surface area contributed by atoms with Crippen LogP contribution in [0.25, 0.3) is 0 Å². The topological polar surface area (TPSA) is 66.5 Å². The Labute approximate surface area is 155 Å². The van der Waals surface area contributed by atoms with Crippen LogP contribution in [0.1, 0.15) is 40.5 Å². The fourth-order valence-electron chi connectivity index (χ4n) is 3.40. The van der Waals surface area contributed by atoms with Crippen LogP contribution < -0.4 is 5.32 Å². The Morgan fingerprint density at radius 2 is 1.72 bits per heavy atom. The highest BCUT2D eigenvalue weighted by Crippen LogP contribution is 2.27. The van der Waals surface area contributed by atoms with Gasteiger partial charge in [-0.2, -0.15) is 4.31 Å². The Morgan fingerprint density at radius 1 is 1.16 bits per heavy atom. The Bertz CT molecular complexity index is 694. The van der Waals surface area contributed by atoms with Crippen LogP contribution in [0.15, 0.2) is 29.2 Å². The Morgan fingerprint density at radius 3 is 2.24 bits per heavy atom. The SMILES string of the molecule is CC(C)C(NC(=O)[C@@H]1CCCN1S(=O)(=O)c1ccc(Cl)cc1)C(C)C. The molecule has 1 amide bonds. The summed E-state index contributed by atoms with van der Waals surface area (Å²) in [6, 6.07) is 5.43. The quantitative estimate of drug-likeness (QED) is 0.815. The molecule has 1 N–H and O–H groups in total. The standard InChI is InChI=1S/C18H27ClN2O3S/c1-12(2)17(13(3)4)20-18(22)16-6-5-11-21(16)25(23,24)15-9-7-14(19)8-10-15/h7-10,12-13,16-17H,5-6,11H2,1-4H3,(H,20,22)/t16-/m0/s1. The Kier molecular flexibility index (Phi) is 6.51. The maximum atomic E-state index is 12.9. The largest absolute Gasteiger partial charge is 0.351 e. The zero-order valence-electron chi connectivity index (χ0n) is 15.2. The van der Waals surface area contributed by atoms with Crippen molar-refractivity contribution in [1.82, 2.24) is 9.62 Å². The molecule has 0 radical (unpaired) electrons. The highest BCUT2D eigenvalue weighted by Gasteiger charge is 2.40. The number of rotatable bonds is 6. The molecule has 0 saturated carbocycles. The molecule has 140 valence electrons. The van der Waals surface area contributed by atoms with Gasteiger partial charge in [-0.05, 0) is 48.9 Å². The average Bonchev–Trinajstić information content (AvgIpc) is 3.02. The van der Waals surface area contributed by atoms with E-state index >= 15 is 0 Å². The second-order valence-corrected chi connectivity index (χ2v) is 9.58. The van der Waals surface area contributed by atoms with Crippen molar-refractivity contribution in [3.05, 3.63) is 29.3 Å². The maximum absolute atomic E-state index is 12.9. The lowest BCUT2D eigenvalue weighted by Crippen LogP contribution is -2.51. The van der Waals surface area contributed by atoms with Crippen molar-refractivity contribution >= 4 is 27.5 Å². The summed E-state index contributed by atoms with van der Waals surface area (Å²) in [5, 5.41) is 3.53. The molecule has 1 aromatic carbocycles. The monoisotopic (exact) mass is 386 g/mol. The van der Waals surface area contributed by atoms with Crippen molar-refractivity contribution in [3.8, 4) is 0 Å². The molecule has 0 aliphatic carbocycles. The van der Waals surface area contributed by atoms with Crippen LogP contribution in [-0.2, 0) is 14.8 Å². The van der Waals surface area contributed by atoms with Gasteiger partial charge in [0.25, 0.3) is 0 Å². The van der Waals surface area contributed by atoms with Crippen LogP contribution in [-0.4, -0.2) is 37.3 Å². The maximum Gasteiger partial charge on any atom is 0.243 e. The van der Waals surface area contributed by atoms with Crippen LogP contribution in [0.2, 0.25) is 5.02 Å². The molecule has 0 unspecified atom stereocenters. The van der Waals surface area contributed by atoms with Crippen LogP contribution >= 0.6 is 11.6 Å². The lowest BCUT2D eigenvalue weighted by atomic mass is 9.93. The van der Waals surface area contributed by atoms with Crippen LogP contribution in [0.3, 0.4) is 0 Å². The number of nitrogens with zero attached hydrogens (tertiary/aromatic N) is 1. The molecule has 0 bridgehead atoms. The molecule has 25 heavy (non-hydrogen) atoms. The fourth-order valence-corrected chi connectivity index (χ4v) is 5.18. The summed E-state index contributed by atoms with van der Waals surface area (Å²) >= 11 is 5.84. The molecular formula is C18H27ClN2O3S. The third-order valence-electron chi connectivity index (χ3n) is 4.67. The first-order valence-corrected chi connectivity index (χ1v) is 10.5. The van der Waals surface area contributed by atoms with Crippen LogP contribution in [0.5, 0.6) is 0 Å². The van der Waals surface area contributed by atoms with Gasteiger partial charge in [-0.3, -0.25) is 4.79 Å². The number of hydrogen-bond acceptors (Lipinski definition) is 3. The van der Waals surface area contributed by atoms with Gasteiger partial charge < -0.3 is 5.32 Å². The summed E-state index contributed by atoms with van der Waals surface area (Å²) in [5.74, 6) is 0.362. The van der Waals surface area contributed by atoms with E-state index in [0.717, 1.165) is 0 Å². The minimum atomic E-state index is -3.71. The molecule has 1 aliphatic rings. The van der Waals surface area contributed by atoms with E-state index in [1.165, 1.54) is 16.4 Å². The van der Waals surface area contributed by atoms with E-state index in [1.807, 2.05) is 0 Å². The van der Waals surface area contributed by atoms with Gasteiger partial charge in [-0.15, -0.1) is 0 Å². The van der Waals surface area contributed by atoms with Gasteiger partial charge in [-0.25, -0.2) is 8.42 Å². The molecule has 1 heterocycles.